The van der Waals surface area contributed by atoms with Gasteiger partial charge in [0.2, 0.25) is 0 Å². The van der Waals surface area contributed by atoms with Crippen LogP contribution in [0.3, 0.4) is 0 Å². The van der Waals surface area contributed by atoms with Crippen molar-refractivity contribution < 1.29 is 13.2 Å². The molecular formula is C13H17ClN2O3S2. The van der Waals surface area contributed by atoms with Crippen LogP contribution in [-0.4, -0.2) is 48.4 Å². The minimum atomic E-state index is -3.33. The number of amides is 1. The molecule has 5 nitrogen and oxygen atoms in total. The lowest BCUT2D eigenvalue weighted by Crippen LogP contribution is -2.50. The van der Waals surface area contributed by atoms with E-state index in [9.17, 15) is 13.2 Å². The van der Waals surface area contributed by atoms with E-state index in [0.29, 0.717) is 23.7 Å². The van der Waals surface area contributed by atoms with Crippen LogP contribution in [0.15, 0.2) is 18.2 Å². The van der Waals surface area contributed by atoms with Crippen molar-refractivity contribution >= 4 is 44.8 Å². The molecule has 0 spiro atoms. The maximum atomic E-state index is 12.6. The van der Waals surface area contributed by atoms with Crippen molar-refractivity contribution in [2.45, 2.75) is 12.3 Å². The van der Waals surface area contributed by atoms with Crippen LogP contribution in [0.25, 0.3) is 0 Å². The van der Waals surface area contributed by atoms with Gasteiger partial charge in [-0.25, -0.2) is 8.42 Å². The Morgan fingerprint density at radius 3 is 2.86 bits per heavy atom. The smallest absolute Gasteiger partial charge is 0.256 e. The second-order valence-electron chi connectivity index (χ2n) is 4.72. The number of thioether (sulfide) groups is 1. The third-order valence-corrected chi connectivity index (χ3v) is 6.99. The van der Waals surface area contributed by atoms with Crippen molar-refractivity contribution in [3.05, 3.63) is 28.8 Å². The van der Waals surface area contributed by atoms with E-state index in [0.717, 1.165) is 0 Å². The summed E-state index contributed by atoms with van der Waals surface area (Å²) in [5.74, 6) is 0.766. The monoisotopic (exact) mass is 348 g/mol. The number of rotatable bonds is 3. The summed E-state index contributed by atoms with van der Waals surface area (Å²) in [5.41, 5.74) is 6.36. The summed E-state index contributed by atoms with van der Waals surface area (Å²) in [6, 6.07) is 4.62. The SMILES string of the molecule is CCS(=O)(=O)C1CSCCN1C(=O)c1ccc(N)cc1Cl. The number of carbonyl (C=O) groups is 1. The van der Waals surface area contributed by atoms with Crippen LogP contribution in [0.4, 0.5) is 5.69 Å². The topological polar surface area (TPSA) is 80.5 Å². The first-order valence-electron chi connectivity index (χ1n) is 6.52. The fourth-order valence-corrected chi connectivity index (χ4v) is 5.40. The fraction of sp³-hybridized carbons (Fsp3) is 0.462. The van der Waals surface area contributed by atoms with Gasteiger partial charge in [0.05, 0.1) is 10.6 Å². The molecule has 21 heavy (non-hydrogen) atoms. The van der Waals surface area contributed by atoms with Crippen LogP contribution in [0, 0.1) is 0 Å². The number of sulfone groups is 1. The van der Waals surface area contributed by atoms with E-state index >= 15 is 0 Å². The van der Waals surface area contributed by atoms with Crippen molar-refractivity contribution in [2.75, 3.05) is 29.5 Å². The molecule has 2 rings (SSSR count). The standard InChI is InChI=1S/C13H17ClN2O3S2/c1-2-21(18,19)12-8-20-6-5-16(12)13(17)10-4-3-9(15)7-11(10)14/h3-4,7,12H,2,5-6,8,15H2,1H3. The predicted molar refractivity (Wildman–Crippen MR) is 87.5 cm³/mol. The number of anilines is 1. The molecule has 1 aromatic rings. The van der Waals surface area contributed by atoms with Crippen LogP contribution in [0.1, 0.15) is 17.3 Å². The zero-order valence-electron chi connectivity index (χ0n) is 11.6. The second kappa shape index (κ2) is 6.46. The zero-order chi connectivity index (χ0) is 15.6. The first-order chi connectivity index (χ1) is 9.86. The van der Waals surface area contributed by atoms with Crippen LogP contribution in [0.2, 0.25) is 5.02 Å². The molecule has 2 N–H and O–H groups in total. The molecule has 1 saturated heterocycles. The van der Waals surface area contributed by atoms with Gasteiger partial charge in [-0.05, 0) is 18.2 Å². The minimum absolute atomic E-state index is 0.0114. The highest BCUT2D eigenvalue weighted by molar-refractivity contribution is 8.01. The Kier molecular flexibility index (Phi) is 5.06. The normalized spacial score (nSPS) is 19.5. The van der Waals surface area contributed by atoms with Crippen LogP contribution in [-0.2, 0) is 9.84 Å². The molecule has 0 saturated carbocycles. The highest BCUT2D eigenvalue weighted by atomic mass is 35.5. The lowest BCUT2D eigenvalue weighted by Gasteiger charge is -2.34. The van der Waals surface area contributed by atoms with Crippen LogP contribution in [0.5, 0.6) is 0 Å². The molecule has 0 aliphatic carbocycles. The van der Waals surface area contributed by atoms with Crippen molar-refractivity contribution in [3.8, 4) is 0 Å². The van der Waals surface area contributed by atoms with Gasteiger partial charge < -0.3 is 10.6 Å². The first kappa shape index (κ1) is 16.5. The minimum Gasteiger partial charge on any atom is -0.399 e. The van der Waals surface area contributed by atoms with Gasteiger partial charge in [0.1, 0.15) is 5.37 Å². The van der Waals surface area contributed by atoms with E-state index in [4.69, 9.17) is 17.3 Å². The molecule has 1 fully saturated rings. The highest BCUT2D eigenvalue weighted by Gasteiger charge is 2.36. The number of hydrogen-bond acceptors (Lipinski definition) is 5. The molecule has 1 aliphatic heterocycles. The van der Waals surface area contributed by atoms with Crippen molar-refractivity contribution in [3.63, 3.8) is 0 Å². The summed E-state index contributed by atoms with van der Waals surface area (Å²) in [6.07, 6.45) is 0. The predicted octanol–water partition coefficient (Wildman–Crippen LogP) is 1.87. The van der Waals surface area contributed by atoms with Gasteiger partial charge in [-0.15, -0.1) is 0 Å². The summed E-state index contributed by atoms with van der Waals surface area (Å²) in [4.78, 5) is 14.0. The number of hydrogen-bond donors (Lipinski definition) is 1. The Bertz CT molecular complexity index is 649. The van der Waals surface area contributed by atoms with Gasteiger partial charge >= 0.3 is 0 Å². The second-order valence-corrected chi connectivity index (χ2v) is 8.72. The van der Waals surface area contributed by atoms with Gasteiger partial charge in [-0.3, -0.25) is 4.79 Å². The molecule has 116 valence electrons. The average Bonchev–Trinajstić information content (AvgIpc) is 2.46. The van der Waals surface area contributed by atoms with Crippen molar-refractivity contribution in [1.29, 1.82) is 0 Å². The van der Waals surface area contributed by atoms with E-state index in [1.54, 1.807) is 24.8 Å². The van der Waals surface area contributed by atoms with Crippen LogP contribution >= 0.6 is 23.4 Å². The molecule has 1 aromatic carbocycles. The molecule has 1 amide bonds. The van der Waals surface area contributed by atoms with Gasteiger partial charge in [0, 0.05) is 29.5 Å². The lowest BCUT2D eigenvalue weighted by molar-refractivity contribution is 0.0749. The number of nitrogens with zero attached hydrogens (tertiary/aromatic N) is 1. The average molecular weight is 349 g/mol. The summed E-state index contributed by atoms with van der Waals surface area (Å²) in [5, 5.41) is -0.548. The third kappa shape index (κ3) is 3.46. The number of benzene rings is 1. The number of nitrogens with two attached hydrogens (primary N) is 1. The molecule has 8 heteroatoms. The Hall–Kier alpha value is -0.920. The van der Waals surface area contributed by atoms with E-state index < -0.39 is 15.2 Å². The zero-order valence-corrected chi connectivity index (χ0v) is 14.0. The molecule has 1 aliphatic rings. The lowest BCUT2D eigenvalue weighted by atomic mass is 10.2. The Balaban J connectivity index is 2.35. The molecular weight excluding hydrogens is 332 g/mol. The van der Waals surface area contributed by atoms with E-state index in [2.05, 4.69) is 0 Å². The van der Waals surface area contributed by atoms with Gasteiger partial charge in [-0.1, -0.05) is 18.5 Å². The number of nitrogen functional groups attached to an aromatic ring is 1. The Morgan fingerprint density at radius 2 is 2.24 bits per heavy atom. The highest BCUT2D eigenvalue weighted by Crippen LogP contribution is 2.26. The quantitative estimate of drug-likeness (QED) is 0.843. The molecule has 0 bridgehead atoms. The van der Waals surface area contributed by atoms with E-state index in [-0.39, 0.29) is 22.2 Å². The maximum absolute atomic E-state index is 12.6. The van der Waals surface area contributed by atoms with E-state index in [1.807, 2.05) is 0 Å². The summed E-state index contributed by atoms with van der Waals surface area (Å²) < 4.78 is 24.4. The van der Waals surface area contributed by atoms with Gasteiger partial charge in [0.15, 0.2) is 9.84 Å². The largest absolute Gasteiger partial charge is 0.399 e. The van der Waals surface area contributed by atoms with Crippen molar-refractivity contribution in [1.82, 2.24) is 4.90 Å². The molecule has 1 heterocycles. The number of halogens is 1. The Labute approximate surface area is 133 Å². The summed E-state index contributed by atoms with van der Waals surface area (Å²) in [7, 11) is -3.33. The van der Waals surface area contributed by atoms with Crippen LogP contribution < -0.4 is 5.73 Å². The molecule has 1 atom stereocenters. The Morgan fingerprint density at radius 1 is 1.52 bits per heavy atom. The number of carbonyl (C=O) groups excluding carboxylic acids is 1. The van der Waals surface area contributed by atoms with Gasteiger partial charge in [0.25, 0.3) is 5.91 Å². The van der Waals surface area contributed by atoms with Gasteiger partial charge in [-0.2, -0.15) is 11.8 Å². The molecule has 0 radical (unpaired) electrons. The first-order valence-corrected chi connectivity index (χ1v) is 9.77. The third-order valence-electron chi connectivity index (χ3n) is 3.39. The van der Waals surface area contributed by atoms with Crippen molar-refractivity contribution in [2.24, 2.45) is 0 Å². The fourth-order valence-electron chi connectivity index (χ4n) is 2.16. The summed E-state index contributed by atoms with van der Waals surface area (Å²) >= 11 is 7.60. The summed E-state index contributed by atoms with van der Waals surface area (Å²) in [6.45, 7) is 1.99. The molecule has 0 aromatic heterocycles. The maximum Gasteiger partial charge on any atom is 0.256 e. The van der Waals surface area contributed by atoms with E-state index in [1.165, 1.54) is 17.0 Å². The molecule has 1 unspecified atom stereocenters.